The number of phenolic OH excluding ortho intramolecular Hbond substituents is 1. The van der Waals surface area contributed by atoms with Gasteiger partial charge in [0.1, 0.15) is 5.75 Å². The van der Waals surface area contributed by atoms with Crippen molar-refractivity contribution in [1.29, 1.82) is 0 Å². The molecule has 1 heterocycles. The molecule has 4 nitrogen and oxygen atoms in total. The van der Waals surface area contributed by atoms with E-state index in [0.717, 1.165) is 43.9 Å². The van der Waals surface area contributed by atoms with Gasteiger partial charge in [-0.05, 0) is 31.9 Å². The Bertz CT molecular complexity index is 428. The molecule has 2 rings (SSSR count). The van der Waals surface area contributed by atoms with E-state index in [0.29, 0.717) is 12.0 Å². The minimum Gasteiger partial charge on any atom is -0.507 e. The first-order valence-corrected chi connectivity index (χ1v) is 6.99. The Hall–Kier alpha value is -1.10. The SMILES string of the molecule is Cc1cc(C)c(O)c(C(O)CCN2CCNCC2)c1. The zero-order valence-corrected chi connectivity index (χ0v) is 11.8. The number of aliphatic hydroxyl groups is 1. The molecule has 1 fully saturated rings. The molecule has 3 N–H and O–H groups in total. The summed E-state index contributed by atoms with van der Waals surface area (Å²) in [5.74, 6) is 0.235. The van der Waals surface area contributed by atoms with Gasteiger partial charge in [0, 0.05) is 38.3 Å². The third-order valence-corrected chi connectivity index (χ3v) is 3.76. The van der Waals surface area contributed by atoms with E-state index >= 15 is 0 Å². The molecule has 1 saturated heterocycles. The lowest BCUT2D eigenvalue weighted by atomic mass is 9.99. The molecular formula is C15H24N2O2. The Balaban J connectivity index is 1.97. The lowest BCUT2D eigenvalue weighted by Gasteiger charge is -2.28. The van der Waals surface area contributed by atoms with Crippen LogP contribution in [0.4, 0.5) is 0 Å². The molecule has 1 aromatic carbocycles. The van der Waals surface area contributed by atoms with E-state index in [9.17, 15) is 10.2 Å². The van der Waals surface area contributed by atoms with Crippen molar-refractivity contribution < 1.29 is 10.2 Å². The maximum Gasteiger partial charge on any atom is 0.124 e. The van der Waals surface area contributed by atoms with Gasteiger partial charge in [-0.15, -0.1) is 0 Å². The van der Waals surface area contributed by atoms with Crippen molar-refractivity contribution in [2.24, 2.45) is 0 Å². The summed E-state index contributed by atoms with van der Waals surface area (Å²) in [6.45, 7) is 8.83. The summed E-state index contributed by atoms with van der Waals surface area (Å²) in [5, 5.41) is 23.6. The molecule has 4 heteroatoms. The number of aliphatic hydroxyl groups excluding tert-OH is 1. The number of hydrogen-bond donors (Lipinski definition) is 3. The van der Waals surface area contributed by atoms with Crippen molar-refractivity contribution in [1.82, 2.24) is 10.2 Å². The van der Waals surface area contributed by atoms with Crippen LogP contribution in [0.1, 0.15) is 29.2 Å². The minimum atomic E-state index is -0.589. The first kappa shape index (κ1) is 14.3. The highest BCUT2D eigenvalue weighted by Gasteiger charge is 2.17. The average Bonchev–Trinajstić information content (AvgIpc) is 2.41. The minimum absolute atomic E-state index is 0.235. The fourth-order valence-electron chi connectivity index (χ4n) is 2.64. The largest absolute Gasteiger partial charge is 0.507 e. The van der Waals surface area contributed by atoms with Gasteiger partial charge in [-0.2, -0.15) is 0 Å². The van der Waals surface area contributed by atoms with E-state index in [1.807, 2.05) is 26.0 Å². The summed E-state index contributed by atoms with van der Waals surface area (Å²) >= 11 is 0. The molecule has 106 valence electrons. The number of piperazine rings is 1. The first-order chi connectivity index (χ1) is 9.08. The van der Waals surface area contributed by atoms with E-state index in [4.69, 9.17) is 0 Å². The van der Waals surface area contributed by atoms with Crippen LogP contribution in [0, 0.1) is 13.8 Å². The van der Waals surface area contributed by atoms with Crippen molar-refractivity contribution in [3.63, 3.8) is 0 Å². The van der Waals surface area contributed by atoms with Gasteiger partial charge in [-0.1, -0.05) is 11.6 Å². The van der Waals surface area contributed by atoms with Crippen LogP contribution in [0.15, 0.2) is 12.1 Å². The molecule has 0 aromatic heterocycles. The van der Waals surface area contributed by atoms with Crippen molar-refractivity contribution in [3.05, 3.63) is 28.8 Å². The monoisotopic (exact) mass is 264 g/mol. The maximum absolute atomic E-state index is 10.3. The van der Waals surface area contributed by atoms with E-state index in [2.05, 4.69) is 10.2 Å². The summed E-state index contributed by atoms with van der Waals surface area (Å²) in [6.07, 6.45) is 0.0738. The lowest BCUT2D eigenvalue weighted by Crippen LogP contribution is -2.44. The van der Waals surface area contributed by atoms with E-state index in [1.54, 1.807) is 0 Å². The van der Waals surface area contributed by atoms with Crippen LogP contribution in [0.2, 0.25) is 0 Å². The predicted molar refractivity (Wildman–Crippen MR) is 76.5 cm³/mol. The molecule has 1 aliphatic rings. The molecule has 1 aromatic rings. The highest BCUT2D eigenvalue weighted by atomic mass is 16.3. The highest BCUT2D eigenvalue weighted by Crippen LogP contribution is 2.30. The second-order valence-corrected chi connectivity index (χ2v) is 5.42. The fourth-order valence-corrected chi connectivity index (χ4v) is 2.64. The number of benzene rings is 1. The number of aryl methyl sites for hydroxylation is 2. The third-order valence-electron chi connectivity index (χ3n) is 3.76. The van der Waals surface area contributed by atoms with Gasteiger partial charge in [-0.3, -0.25) is 0 Å². The summed E-state index contributed by atoms with van der Waals surface area (Å²) < 4.78 is 0. The van der Waals surface area contributed by atoms with Crippen LogP contribution < -0.4 is 5.32 Å². The van der Waals surface area contributed by atoms with Crippen LogP contribution in [-0.2, 0) is 0 Å². The van der Waals surface area contributed by atoms with Crippen LogP contribution in [0.5, 0.6) is 5.75 Å². The Morgan fingerprint density at radius 3 is 2.63 bits per heavy atom. The summed E-state index contributed by atoms with van der Waals surface area (Å²) in [4.78, 5) is 2.35. The first-order valence-electron chi connectivity index (χ1n) is 6.99. The molecule has 0 bridgehead atoms. The zero-order chi connectivity index (χ0) is 13.8. The second kappa shape index (κ2) is 6.37. The standard InChI is InChI=1S/C15H24N2O2/c1-11-9-12(2)15(19)13(10-11)14(18)3-6-17-7-4-16-5-8-17/h9-10,14,16,18-19H,3-8H2,1-2H3. The molecule has 0 spiro atoms. The zero-order valence-electron chi connectivity index (χ0n) is 11.8. The summed E-state index contributed by atoms with van der Waals surface area (Å²) in [6, 6.07) is 3.81. The van der Waals surface area contributed by atoms with Gasteiger partial charge in [0.25, 0.3) is 0 Å². The smallest absolute Gasteiger partial charge is 0.124 e. The van der Waals surface area contributed by atoms with E-state index < -0.39 is 6.10 Å². The Kier molecular flexibility index (Phi) is 4.80. The Labute approximate surface area is 115 Å². The molecule has 0 amide bonds. The summed E-state index contributed by atoms with van der Waals surface area (Å²) in [5.41, 5.74) is 2.57. The van der Waals surface area contributed by atoms with Crippen molar-refractivity contribution in [3.8, 4) is 5.75 Å². The van der Waals surface area contributed by atoms with Gasteiger partial charge in [-0.25, -0.2) is 0 Å². The van der Waals surface area contributed by atoms with Gasteiger partial charge < -0.3 is 20.4 Å². The molecule has 1 aliphatic heterocycles. The van der Waals surface area contributed by atoms with Gasteiger partial charge in [0.15, 0.2) is 0 Å². The Morgan fingerprint density at radius 1 is 1.26 bits per heavy atom. The van der Waals surface area contributed by atoms with Gasteiger partial charge in [0.05, 0.1) is 6.10 Å². The molecule has 1 atom stereocenters. The number of aromatic hydroxyl groups is 1. The topological polar surface area (TPSA) is 55.7 Å². The lowest BCUT2D eigenvalue weighted by molar-refractivity contribution is 0.134. The van der Waals surface area contributed by atoms with Crippen LogP contribution in [-0.4, -0.2) is 47.8 Å². The maximum atomic E-state index is 10.3. The number of hydrogen-bond acceptors (Lipinski definition) is 4. The predicted octanol–water partition coefficient (Wildman–Crippen LogP) is 1.34. The van der Waals surface area contributed by atoms with Gasteiger partial charge >= 0.3 is 0 Å². The molecular weight excluding hydrogens is 240 g/mol. The van der Waals surface area contributed by atoms with Crippen molar-refractivity contribution in [2.75, 3.05) is 32.7 Å². The molecule has 0 aliphatic carbocycles. The van der Waals surface area contributed by atoms with E-state index in [1.165, 1.54) is 0 Å². The third kappa shape index (κ3) is 3.69. The number of phenols is 1. The van der Waals surface area contributed by atoms with Crippen LogP contribution >= 0.6 is 0 Å². The van der Waals surface area contributed by atoms with E-state index in [-0.39, 0.29) is 5.75 Å². The Morgan fingerprint density at radius 2 is 1.95 bits per heavy atom. The summed E-state index contributed by atoms with van der Waals surface area (Å²) in [7, 11) is 0. The highest BCUT2D eigenvalue weighted by molar-refractivity contribution is 5.43. The molecule has 0 radical (unpaired) electrons. The second-order valence-electron chi connectivity index (χ2n) is 5.42. The number of rotatable bonds is 4. The average molecular weight is 264 g/mol. The fraction of sp³-hybridized carbons (Fsp3) is 0.600. The van der Waals surface area contributed by atoms with Crippen molar-refractivity contribution >= 4 is 0 Å². The van der Waals surface area contributed by atoms with Crippen molar-refractivity contribution in [2.45, 2.75) is 26.4 Å². The number of nitrogens with zero attached hydrogens (tertiary/aromatic N) is 1. The van der Waals surface area contributed by atoms with Crippen LogP contribution in [0.3, 0.4) is 0 Å². The normalized spacial score (nSPS) is 18.5. The molecule has 19 heavy (non-hydrogen) atoms. The number of nitrogens with one attached hydrogen (secondary N) is 1. The van der Waals surface area contributed by atoms with Crippen LogP contribution in [0.25, 0.3) is 0 Å². The molecule has 0 saturated carbocycles. The quantitative estimate of drug-likeness (QED) is 0.768. The molecule has 1 unspecified atom stereocenters. The van der Waals surface area contributed by atoms with Gasteiger partial charge in [0.2, 0.25) is 0 Å².